The summed E-state index contributed by atoms with van der Waals surface area (Å²) in [7, 11) is 0. The van der Waals surface area contributed by atoms with Crippen LogP contribution in [0.25, 0.3) is 0 Å². The van der Waals surface area contributed by atoms with Gasteiger partial charge in [-0.3, -0.25) is 0 Å². The quantitative estimate of drug-likeness (QED) is 0.620. The van der Waals surface area contributed by atoms with E-state index in [1.165, 1.54) is 5.57 Å². The fourth-order valence-electron chi connectivity index (χ4n) is 2.68. The molecule has 0 aromatic carbocycles. The van der Waals surface area contributed by atoms with Crippen LogP contribution in [0, 0.1) is 5.92 Å². The highest BCUT2D eigenvalue weighted by Gasteiger charge is 2.40. The number of aliphatic hydroxyl groups excluding tert-OH is 1. The van der Waals surface area contributed by atoms with E-state index < -0.39 is 6.10 Å². The molecular formula is C13H20O2. The first-order chi connectivity index (χ1) is 6.91. The Bertz CT molecular complexity index is 325. The number of rotatable bonds is 0. The van der Waals surface area contributed by atoms with Gasteiger partial charge in [0, 0.05) is 5.92 Å². The zero-order valence-corrected chi connectivity index (χ0v) is 9.95. The maximum atomic E-state index is 10.1. The molecule has 1 N–H and O–H groups in total. The number of hydrogen-bond acceptors (Lipinski definition) is 2. The smallest absolute Gasteiger partial charge is 0.102 e. The molecule has 0 amide bonds. The highest BCUT2D eigenvalue weighted by molar-refractivity contribution is 5.25. The Hall–Kier alpha value is -0.600. The molecule has 15 heavy (non-hydrogen) atoms. The van der Waals surface area contributed by atoms with Crippen LogP contribution in [-0.4, -0.2) is 22.9 Å². The lowest BCUT2D eigenvalue weighted by Gasteiger charge is -2.43. The molecule has 0 fully saturated rings. The maximum absolute atomic E-state index is 10.1. The van der Waals surface area contributed by atoms with Gasteiger partial charge in [-0.1, -0.05) is 17.7 Å². The molecule has 2 rings (SSSR count). The van der Waals surface area contributed by atoms with Crippen molar-refractivity contribution in [2.24, 2.45) is 5.92 Å². The Labute approximate surface area is 91.6 Å². The van der Waals surface area contributed by atoms with Gasteiger partial charge in [0.25, 0.3) is 0 Å². The van der Waals surface area contributed by atoms with E-state index in [1.807, 2.05) is 20.8 Å². The molecular weight excluding hydrogens is 188 g/mol. The topological polar surface area (TPSA) is 29.5 Å². The van der Waals surface area contributed by atoms with Gasteiger partial charge in [0.1, 0.15) is 6.10 Å². The first kappa shape index (κ1) is 10.9. The summed E-state index contributed by atoms with van der Waals surface area (Å²) in [6.45, 7) is 8.22. The van der Waals surface area contributed by atoms with Gasteiger partial charge in [-0.2, -0.15) is 0 Å². The van der Waals surface area contributed by atoms with Crippen LogP contribution in [0.3, 0.4) is 0 Å². The molecule has 0 aromatic heterocycles. The Morgan fingerprint density at radius 2 is 2.00 bits per heavy atom. The Balaban J connectivity index is 2.33. The zero-order valence-electron chi connectivity index (χ0n) is 9.95. The van der Waals surface area contributed by atoms with Crippen molar-refractivity contribution in [3.8, 4) is 0 Å². The molecule has 0 spiro atoms. The van der Waals surface area contributed by atoms with Crippen molar-refractivity contribution in [2.45, 2.75) is 51.9 Å². The third kappa shape index (κ3) is 1.88. The largest absolute Gasteiger partial charge is 0.386 e. The molecule has 0 radical (unpaired) electrons. The second-order valence-corrected chi connectivity index (χ2v) is 5.31. The molecule has 0 saturated carbocycles. The van der Waals surface area contributed by atoms with Gasteiger partial charge in [-0.05, 0) is 39.7 Å². The number of ether oxygens (including phenoxy) is 1. The number of aliphatic hydroxyl groups is 1. The third-order valence-electron chi connectivity index (χ3n) is 3.47. The van der Waals surface area contributed by atoms with E-state index in [4.69, 9.17) is 4.74 Å². The van der Waals surface area contributed by atoms with Crippen LogP contribution in [0.5, 0.6) is 0 Å². The Morgan fingerprint density at radius 1 is 1.33 bits per heavy atom. The van der Waals surface area contributed by atoms with Crippen LogP contribution < -0.4 is 0 Å². The van der Waals surface area contributed by atoms with Crippen LogP contribution >= 0.6 is 0 Å². The van der Waals surface area contributed by atoms with Gasteiger partial charge in [0.05, 0.1) is 11.7 Å². The van der Waals surface area contributed by atoms with E-state index in [9.17, 15) is 5.11 Å². The number of allylic oxidation sites excluding steroid dienone is 1. The minimum Gasteiger partial charge on any atom is -0.386 e. The minimum atomic E-state index is -0.438. The van der Waals surface area contributed by atoms with Crippen LogP contribution in [0.2, 0.25) is 0 Å². The van der Waals surface area contributed by atoms with E-state index in [0.29, 0.717) is 5.92 Å². The molecule has 3 atom stereocenters. The molecule has 2 heteroatoms. The molecule has 1 aliphatic carbocycles. The van der Waals surface area contributed by atoms with Gasteiger partial charge in [0.2, 0.25) is 0 Å². The Morgan fingerprint density at radius 3 is 2.67 bits per heavy atom. The van der Waals surface area contributed by atoms with Crippen LogP contribution in [0.1, 0.15) is 34.1 Å². The molecule has 84 valence electrons. The summed E-state index contributed by atoms with van der Waals surface area (Å²) >= 11 is 0. The fraction of sp³-hybridized carbons (Fsp3) is 0.692. The van der Waals surface area contributed by atoms with Crippen LogP contribution in [-0.2, 0) is 4.74 Å². The second-order valence-electron chi connectivity index (χ2n) is 5.31. The molecule has 0 aromatic rings. The molecule has 0 bridgehead atoms. The van der Waals surface area contributed by atoms with Crippen molar-refractivity contribution in [3.63, 3.8) is 0 Å². The van der Waals surface area contributed by atoms with Crippen molar-refractivity contribution in [2.75, 3.05) is 0 Å². The summed E-state index contributed by atoms with van der Waals surface area (Å²) in [5.74, 6) is 0.358. The predicted octanol–water partition coefficient (Wildman–Crippen LogP) is 2.44. The highest BCUT2D eigenvalue weighted by Crippen LogP contribution is 2.39. The van der Waals surface area contributed by atoms with Crippen molar-refractivity contribution in [1.29, 1.82) is 0 Å². The molecule has 0 saturated heterocycles. The monoisotopic (exact) mass is 208 g/mol. The summed E-state index contributed by atoms with van der Waals surface area (Å²) in [6, 6.07) is 0. The maximum Gasteiger partial charge on any atom is 0.102 e. The summed E-state index contributed by atoms with van der Waals surface area (Å²) in [5.41, 5.74) is 2.14. The molecule has 2 aliphatic rings. The second kappa shape index (κ2) is 3.46. The lowest BCUT2D eigenvalue weighted by Crippen LogP contribution is -2.47. The van der Waals surface area contributed by atoms with E-state index in [-0.39, 0.29) is 11.7 Å². The zero-order chi connectivity index (χ0) is 11.2. The molecule has 0 unspecified atom stereocenters. The predicted molar refractivity (Wildman–Crippen MR) is 60.6 cm³/mol. The van der Waals surface area contributed by atoms with Crippen molar-refractivity contribution < 1.29 is 9.84 Å². The van der Waals surface area contributed by atoms with Gasteiger partial charge < -0.3 is 9.84 Å². The summed E-state index contributed by atoms with van der Waals surface area (Å²) in [5, 5.41) is 10.1. The van der Waals surface area contributed by atoms with E-state index in [2.05, 4.69) is 19.1 Å². The van der Waals surface area contributed by atoms with Crippen molar-refractivity contribution in [1.82, 2.24) is 0 Å². The first-order valence-electron chi connectivity index (χ1n) is 5.62. The van der Waals surface area contributed by atoms with Gasteiger partial charge in [0.15, 0.2) is 0 Å². The third-order valence-corrected chi connectivity index (χ3v) is 3.47. The van der Waals surface area contributed by atoms with E-state index in [1.54, 1.807) is 0 Å². The number of fused-ring (bicyclic) bond motifs is 1. The van der Waals surface area contributed by atoms with Crippen LogP contribution in [0.4, 0.5) is 0 Å². The van der Waals surface area contributed by atoms with Gasteiger partial charge in [-0.15, -0.1) is 0 Å². The lowest BCUT2D eigenvalue weighted by atomic mass is 9.77. The standard InChI is InChI=1S/C13H20O2/c1-8-5-6-10-9(2)7-13(3,4)15-12(10)11(8)14/h5,7,10-12,14H,6H2,1-4H3/t10-,11+,12+/m0/s1. The summed E-state index contributed by atoms with van der Waals surface area (Å²) in [6.07, 6.45) is 4.80. The minimum absolute atomic E-state index is 0.0602. The van der Waals surface area contributed by atoms with Gasteiger partial charge >= 0.3 is 0 Å². The first-order valence-corrected chi connectivity index (χ1v) is 5.62. The normalized spacial score (nSPS) is 39.1. The molecule has 1 heterocycles. The number of hydrogen-bond donors (Lipinski definition) is 1. The SMILES string of the molecule is CC1=CC[C@H]2C(C)=CC(C)(C)O[C@H]2[C@@H]1O. The highest BCUT2D eigenvalue weighted by atomic mass is 16.5. The lowest BCUT2D eigenvalue weighted by molar-refractivity contribution is -0.120. The molecule has 2 nitrogen and oxygen atoms in total. The summed E-state index contributed by atoms with van der Waals surface area (Å²) < 4.78 is 5.96. The van der Waals surface area contributed by atoms with Crippen molar-refractivity contribution >= 4 is 0 Å². The Kier molecular flexibility index (Phi) is 2.52. The average Bonchev–Trinajstić information content (AvgIpc) is 2.10. The fourth-order valence-corrected chi connectivity index (χ4v) is 2.68. The van der Waals surface area contributed by atoms with Crippen molar-refractivity contribution in [3.05, 3.63) is 23.3 Å². The molecule has 1 aliphatic heterocycles. The van der Waals surface area contributed by atoms with E-state index >= 15 is 0 Å². The average molecular weight is 208 g/mol. The van der Waals surface area contributed by atoms with Gasteiger partial charge in [-0.25, -0.2) is 0 Å². The van der Waals surface area contributed by atoms with Crippen LogP contribution in [0.15, 0.2) is 23.3 Å². The summed E-state index contributed by atoms with van der Waals surface area (Å²) in [4.78, 5) is 0. The van der Waals surface area contributed by atoms with E-state index in [0.717, 1.165) is 12.0 Å².